The number of epoxide rings is 1. The van der Waals surface area contributed by atoms with Gasteiger partial charge in [-0.25, -0.2) is 0 Å². The number of amides is 1. The van der Waals surface area contributed by atoms with Gasteiger partial charge < -0.3 is 65.6 Å². The number of fused-ring (bicyclic) bond motifs is 1. The van der Waals surface area contributed by atoms with Crippen LogP contribution in [0.3, 0.4) is 0 Å². The molecule has 6 heterocycles. The highest BCUT2D eigenvalue weighted by atomic mass is 33.1. The second-order valence-electron chi connectivity index (χ2n) is 32.0. The van der Waals surface area contributed by atoms with Crippen molar-refractivity contribution >= 4 is 39.0 Å². The van der Waals surface area contributed by atoms with Gasteiger partial charge in [-0.15, -0.1) is 0 Å². The summed E-state index contributed by atoms with van der Waals surface area (Å²) < 4.78 is 12.3. The number of hydrogen-bond donors (Lipinski definition) is 10. The van der Waals surface area contributed by atoms with Crippen LogP contribution in [0.4, 0.5) is 5.69 Å². The second kappa shape index (κ2) is 22.2. The zero-order chi connectivity index (χ0) is 62.0. The quantitative estimate of drug-likeness (QED) is 0.0630. The predicted octanol–water partition coefficient (Wildman–Crippen LogP) is 8.71. The first-order valence-electron chi connectivity index (χ1n) is 34.8. The summed E-state index contributed by atoms with van der Waals surface area (Å²) in [5, 5.41) is 122. The molecule has 0 radical (unpaired) electrons. The average Bonchev–Trinajstić information content (AvgIpc) is 0.893. The van der Waals surface area contributed by atoms with Crippen molar-refractivity contribution in [1.82, 2.24) is 5.32 Å². The number of allylic oxidation sites excluding steroid dienone is 2. The average molecular weight is 1260 g/mol. The molecule has 9 aliphatic carbocycles. The van der Waals surface area contributed by atoms with Crippen molar-refractivity contribution in [1.29, 1.82) is 0 Å². The smallest absolute Gasteiger partial charge is 0.234 e. The molecule has 16 rings (SSSR count). The number of aryl methyl sites for hydroxylation is 1. The number of hydrogen-bond acceptors (Lipinski definition) is 16. The van der Waals surface area contributed by atoms with Crippen LogP contribution < -0.4 is 10.2 Å². The fourth-order valence-corrected chi connectivity index (χ4v) is 28.2. The maximum atomic E-state index is 16.8. The second-order valence-corrected chi connectivity index (χ2v) is 34.5. The van der Waals surface area contributed by atoms with Crippen LogP contribution in [0, 0.1) is 85.8 Å². The van der Waals surface area contributed by atoms with Crippen molar-refractivity contribution in [2.75, 3.05) is 44.1 Å². The molecule has 6 aliphatic heterocycles. The Morgan fingerprint density at radius 1 is 0.864 bits per heavy atom. The highest BCUT2D eigenvalue weighted by Crippen LogP contribution is 2.81. The van der Waals surface area contributed by atoms with Gasteiger partial charge in [-0.2, -0.15) is 0 Å². The number of ketones is 1. The molecule has 10 N–H and O–H groups in total. The van der Waals surface area contributed by atoms with E-state index in [0.29, 0.717) is 113 Å². The third kappa shape index (κ3) is 8.16. The number of phenolic OH excluding ortho intramolecular Hbond substituents is 1. The molecule has 1 amide bonds. The van der Waals surface area contributed by atoms with E-state index >= 15 is 9.59 Å². The molecule has 15 nitrogen and oxygen atoms in total. The minimum atomic E-state index is -2.06. The number of nitrogens with zero attached hydrogens (tertiary/aromatic N) is 1. The van der Waals surface area contributed by atoms with Gasteiger partial charge in [0, 0.05) is 84.0 Å². The molecule has 6 spiro atoms. The number of methoxy groups -OCH3 is 1. The van der Waals surface area contributed by atoms with E-state index in [1.54, 1.807) is 25.3 Å². The summed E-state index contributed by atoms with van der Waals surface area (Å²) in [5.74, 6) is -2.01. The molecular weight excluding hydrogens is 1150 g/mol. The van der Waals surface area contributed by atoms with Crippen LogP contribution >= 0.6 is 21.6 Å². The highest BCUT2D eigenvalue weighted by molar-refractivity contribution is 8.76. The van der Waals surface area contributed by atoms with Gasteiger partial charge in [0.25, 0.3) is 0 Å². The third-order valence-corrected chi connectivity index (χ3v) is 32.1. The molecule has 7 saturated carbocycles. The summed E-state index contributed by atoms with van der Waals surface area (Å²) in [6.45, 7) is 8.42. The van der Waals surface area contributed by atoms with Crippen LogP contribution in [0.15, 0.2) is 42.0 Å². The van der Waals surface area contributed by atoms with E-state index in [2.05, 4.69) is 38.2 Å². The Kier molecular flexibility index (Phi) is 16.0. The Balaban J connectivity index is 0.937. The lowest BCUT2D eigenvalue weighted by Crippen LogP contribution is -2.79. The first-order valence-corrected chi connectivity index (χ1v) is 37.1. The highest BCUT2D eigenvalue weighted by Gasteiger charge is 2.84. The molecule has 17 heteroatoms. The van der Waals surface area contributed by atoms with E-state index in [-0.39, 0.29) is 79.0 Å². The van der Waals surface area contributed by atoms with Crippen molar-refractivity contribution in [3.63, 3.8) is 0 Å². The molecule has 1 aromatic carbocycles. The van der Waals surface area contributed by atoms with Crippen molar-refractivity contribution in [2.24, 2.45) is 85.8 Å². The monoisotopic (exact) mass is 1260 g/mol. The van der Waals surface area contributed by atoms with Gasteiger partial charge in [0.05, 0.1) is 41.3 Å². The summed E-state index contributed by atoms with van der Waals surface area (Å²) in [6, 6.07) is 5.45. The first kappa shape index (κ1) is 63.3. The number of nitrogens with one attached hydrogen (secondary N) is 1. The Hall–Kier alpha value is -2.10. The van der Waals surface area contributed by atoms with E-state index in [1.165, 1.54) is 28.0 Å². The lowest BCUT2D eigenvalue weighted by atomic mass is 9.31. The van der Waals surface area contributed by atoms with Crippen molar-refractivity contribution < 1.29 is 65.0 Å². The minimum Gasteiger partial charge on any atom is -0.508 e. The van der Waals surface area contributed by atoms with Gasteiger partial charge in [-0.05, 0) is 192 Å². The summed E-state index contributed by atoms with van der Waals surface area (Å²) in [7, 11) is 4.36. The third-order valence-electron chi connectivity index (χ3n) is 29.5. The Bertz CT molecular complexity index is 2930. The van der Waals surface area contributed by atoms with E-state index in [9.17, 15) is 46.0 Å². The maximum absolute atomic E-state index is 16.8. The predicted molar refractivity (Wildman–Crippen MR) is 339 cm³/mol. The molecule has 3 saturated heterocycles. The van der Waals surface area contributed by atoms with Gasteiger partial charge in [-0.1, -0.05) is 100.0 Å². The molecule has 0 aromatic heterocycles. The van der Waals surface area contributed by atoms with Gasteiger partial charge in [0.2, 0.25) is 5.91 Å². The molecular formula is C71H104N2O13S2. The summed E-state index contributed by atoms with van der Waals surface area (Å²) in [5.41, 5.74) is -12.7. The minimum absolute atomic E-state index is 0.0119. The fourth-order valence-electron chi connectivity index (χ4n) is 25.1. The zero-order valence-electron chi connectivity index (χ0n) is 53.1. The number of carbonyl (C=O) groups excluding carboxylic acids is 2. The van der Waals surface area contributed by atoms with Gasteiger partial charge in [-0.3, -0.25) is 9.59 Å². The molecule has 22 atom stereocenters. The molecule has 1 aromatic rings. The number of aromatic hydroxyl groups is 1. The van der Waals surface area contributed by atoms with Gasteiger partial charge >= 0.3 is 0 Å². The van der Waals surface area contributed by atoms with Crippen LogP contribution in [0.1, 0.15) is 181 Å². The number of rotatable bonds is 9. The number of phenols is 1. The lowest BCUT2D eigenvalue weighted by molar-refractivity contribution is -0.309. The number of aliphatic hydroxyl groups is 8. The van der Waals surface area contributed by atoms with E-state index in [0.717, 1.165) is 56.9 Å². The topological polar surface area (TPSA) is 253 Å². The zero-order valence-corrected chi connectivity index (χ0v) is 54.7. The summed E-state index contributed by atoms with van der Waals surface area (Å²) >= 11 is 0. The molecule has 488 valence electrons. The van der Waals surface area contributed by atoms with Crippen LogP contribution in [-0.4, -0.2) is 155 Å². The van der Waals surface area contributed by atoms with E-state index in [1.807, 2.05) is 17.9 Å². The van der Waals surface area contributed by atoms with Crippen molar-refractivity contribution in [3.8, 4) is 5.75 Å². The van der Waals surface area contributed by atoms with Crippen LogP contribution in [-0.2, 0) is 25.5 Å². The van der Waals surface area contributed by atoms with E-state index in [4.69, 9.17) is 9.47 Å². The van der Waals surface area contributed by atoms with E-state index < -0.39 is 109 Å². The van der Waals surface area contributed by atoms with Gasteiger partial charge in [0.15, 0.2) is 5.78 Å². The van der Waals surface area contributed by atoms with Crippen LogP contribution in [0.25, 0.3) is 0 Å². The van der Waals surface area contributed by atoms with Crippen LogP contribution in [0.5, 0.6) is 5.75 Å². The van der Waals surface area contributed by atoms with Gasteiger partial charge in [0.1, 0.15) is 28.5 Å². The normalized spacial score (nSPS) is 48.7. The molecule has 10 fully saturated rings. The fraction of sp³-hybridized carbons (Fsp3) is 0.831. The molecule has 88 heavy (non-hydrogen) atoms. The van der Waals surface area contributed by atoms with Crippen molar-refractivity contribution in [3.05, 3.63) is 47.6 Å². The molecule has 8 bridgehead atoms. The Morgan fingerprint density at radius 2 is 1.62 bits per heavy atom. The largest absolute Gasteiger partial charge is 0.508 e. The standard InChI is InChI=1S/C71H104N2O13S2/c1-41(2)42(3)57-59(86-57)68(82)26-12-15-45-33-51-52-35-55(77)67(36-56(78)70(84,40-75)65(62(51,67)4)24-9-10-25-65)61(81)88-87-38-47-14-11-13-46(37-74)71(47)60(80)73(48-31-43(32-49(76)34-48)18-28-66(45)54(68)20-29-69(52,66)83)39-63(71)27-19-50(58(63)79)53-17-16-44(21-30-85-5)64(72-53)22-7-6-8-23-64/h12,15,31-32,34-35,41-42,44-47,50-51,53-54,56-59,61,72,74-76,78-79,81-84H,6-11,13-14,16-30,33,36-40H2,1-5H3. The van der Waals surface area contributed by atoms with Crippen LogP contribution in [0.2, 0.25) is 0 Å². The lowest BCUT2D eigenvalue weighted by Gasteiger charge is -2.74. The number of anilines is 1. The Labute approximate surface area is 529 Å². The maximum Gasteiger partial charge on any atom is 0.234 e. The molecule has 22 unspecified atom stereocenters. The first-order chi connectivity index (χ1) is 42.0. The number of piperidine rings is 1. The molecule has 15 aliphatic rings. The Morgan fingerprint density at radius 3 is 2.35 bits per heavy atom. The summed E-state index contributed by atoms with van der Waals surface area (Å²) in [6.07, 6.45) is 18.2. The number of ether oxygens (including phenoxy) is 2. The SMILES string of the molecule is COCCC1CCC(C2CCC3(CN4C(=O)C35C(CO)CCCC5CSSC(O)C35CC(O)C(O)(CO)C6(CCCC6)C3(C)C3CC6C=CCC(O)(C7OC7C(C)C(C)C)C7CCC(O)(C3=CC5=O)C67CCc3cc(O)cc4c3)C2O)NC12CCCCC2. The number of carbonyl (C=O) groups is 2. The number of benzene rings is 1. The van der Waals surface area contributed by atoms with Crippen molar-refractivity contribution in [2.45, 2.75) is 240 Å². The number of aliphatic hydroxyl groups excluding tert-OH is 5. The summed E-state index contributed by atoms with van der Waals surface area (Å²) in [4.78, 5) is 35.2.